The Hall–Kier alpha value is -0.370. The van der Waals surface area contributed by atoms with Crippen LogP contribution in [0.25, 0.3) is 0 Å². The third kappa shape index (κ3) is 9.21. The lowest BCUT2D eigenvalue weighted by molar-refractivity contribution is -0.698. The molecule has 0 aromatic carbocycles. The minimum absolute atomic E-state index is 1.15. The fourth-order valence-corrected chi connectivity index (χ4v) is 2.83. The van der Waals surface area contributed by atoms with E-state index < -0.39 is 0 Å². The van der Waals surface area contributed by atoms with Crippen molar-refractivity contribution in [3.63, 3.8) is 0 Å². The first kappa shape index (κ1) is 16.7. The van der Waals surface area contributed by atoms with Crippen LogP contribution in [0.5, 0.6) is 0 Å². The Morgan fingerprint density at radius 2 is 1.47 bits per heavy atom. The molecule has 0 aliphatic heterocycles. The van der Waals surface area contributed by atoms with Crippen molar-refractivity contribution in [2.75, 3.05) is 0 Å². The second kappa shape index (κ2) is 11.5. The molecule has 0 fully saturated rings. The number of aryl methyl sites for hydroxylation is 1. The molecule has 0 spiro atoms. The van der Waals surface area contributed by atoms with Gasteiger partial charge < -0.3 is 0 Å². The van der Waals surface area contributed by atoms with E-state index in [-0.39, 0.29) is 0 Å². The molecular formula is C17H29BrN+. The van der Waals surface area contributed by atoms with Crippen molar-refractivity contribution in [1.29, 1.82) is 0 Å². The van der Waals surface area contributed by atoms with E-state index in [9.17, 15) is 0 Å². The Kier molecular flexibility index (Phi) is 10.1. The third-order valence-corrected chi connectivity index (χ3v) is 4.06. The molecule has 0 saturated carbocycles. The molecule has 1 aromatic heterocycles. The number of hydrogen-bond acceptors (Lipinski definition) is 0. The van der Waals surface area contributed by atoms with E-state index in [4.69, 9.17) is 0 Å². The van der Waals surface area contributed by atoms with E-state index in [1.807, 2.05) is 0 Å². The Bertz CT molecular complexity index is 325. The number of halogens is 1. The summed E-state index contributed by atoms with van der Waals surface area (Å²) in [5, 5.41) is 0. The molecule has 2 heteroatoms. The zero-order chi connectivity index (χ0) is 13.8. The Morgan fingerprint density at radius 3 is 2.05 bits per heavy atom. The van der Waals surface area contributed by atoms with Crippen molar-refractivity contribution >= 4 is 15.9 Å². The molecule has 1 aromatic rings. The van der Waals surface area contributed by atoms with Crippen molar-refractivity contribution in [3.05, 3.63) is 29.0 Å². The SMILES string of the molecule is CCCCCCCCCCCC[n+]1cccc(Br)c1. The van der Waals surface area contributed by atoms with Crippen molar-refractivity contribution in [3.8, 4) is 0 Å². The van der Waals surface area contributed by atoms with E-state index in [1.54, 1.807) is 0 Å². The predicted molar refractivity (Wildman–Crippen MR) is 86.2 cm³/mol. The van der Waals surface area contributed by atoms with Crippen LogP contribution in [-0.2, 0) is 6.54 Å². The van der Waals surface area contributed by atoms with Gasteiger partial charge in [-0.25, -0.2) is 4.57 Å². The van der Waals surface area contributed by atoms with E-state index in [0.29, 0.717) is 0 Å². The van der Waals surface area contributed by atoms with Crippen LogP contribution in [0.4, 0.5) is 0 Å². The molecule has 0 radical (unpaired) electrons. The topological polar surface area (TPSA) is 3.88 Å². The highest BCUT2D eigenvalue weighted by Gasteiger charge is 2.00. The molecule has 1 rings (SSSR count). The first-order chi connectivity index (χ1) is 9.33. The molecule has 0 unspecified atom stereocenters. The lowest BCUT2D eigenvalue weighted by Gasteiger charge is -2.01. The third-order valence-electron chi connectivity index (χ3n) is 3.59. The van der Waals surface area contributed by atoms with Gasteiger partial charge in [0.2, 0.25) is 0 Å². The monoisotopic (exact) mass is 326 g/mol. The average molecular weight is 327 g/mol. The van der Waals surface area contributed by atoms with Crippen molar-refractivity contribution < 1.29 is 4.57 Å². The van der Waals surface area contributed by atoms with E-state index >= 15 is 0 Å². The number of hydrogen-bond donors (Lipinski definition) is 0. The first-order valence-electron chi connectivity index (χ1n) is 7.97. The van der Waals surface area contributed by atoms with Crippen LogP contribution in [0, 0.1) is 0 Å². The maximum absolute atomic E-state index is 3.51. The van der Waals surface area contributed by atoms with E-state index in [1.165, 1.54) is 68.7 Å². The highest BCUT2D eigenvalue weighted by Crippen LogP contribution is 2.10. The second-order valence-electron chi connectivity index (χ2n) is 5.44. The Balaban J connectivity index is 1.89. The number of nitrogens with zero attached hydrogens (tertiary/aromatic N) is 1. The largest absolute Gasteiger partial charge is 0.204 e. The summed E-state index contributed by atoms with van der Waals surface area (Å²) in [7, 11) is 0. The molecule has 0 aliphatic rings. The van der Waals surface area contributed by atoms with Gasteiger partial charge in [0, 0.05) is 12.5 Å². The van der Waals surface area contributed by atoms with Gasteiger partial charge in [-0.05, 0) is 28.4 Å². The van der Waals surface area contributed by atoms with Crippen LogP contribution >= 0.6 is 15.9 Å². The summed E-state index contributed by atoms with van der Waals surface area (Å²) in [5.74, 6) is 0. The predicted octanol–water partition coefficient (Wildman–Crippen LogP) is 5.66. The molecular weight excluding hydrogens is 298 g/mol. The molecule has 0 saturated heterocycles. The number of rotatable bonds is 11. The maximum atomic E-state index is 3.51. The summed E-state index contributed by atoms with van der Waals surface area (Å²) >= 11 is 3.51. The minimum atomic E-state index is 1.15. The van der Waals surface area contributed by atoms with Crippen LogP contribution in [0.2, 0.25) is 0 Å². The zero-order valence-electron chi connectivity index (χ0n) is 12.4. The molecule has 0 N–H and O–H groups in total. The standard InChI is InChI=1S/C17H29BrN/c1-2-3-4-5-6-7-8-9-10-11-14-19-15-12-13-17(18)16-19/h12-13,15-16H,2-11,14H2,1H3/q+1. The average Bonchev–Trinajstić information content (AvgIpc) is 2.41. The Morgan fingerprint density at radius 1 is 0.895 bits per heavy atom. The fourth-order valence-electron chi connectivity index (χ4n) is 2.41. The summed E-state index contributed by atoms with van der Waals surface area (Å²) in [6.45, 7) is 3.43. The molecule has 1 heterocycles. The first-order valence-corrected chi connectivity index (χ1v) is 8.77. The molecule has 0 bridgehead atoms. The highest BCUT2D eigenvalue weighted by molar-refractivity contribution is 9.10. The number of unbranched alkanes of at least 4 members (excludes halogenated alkanes) is 9. The minimum Gasteiger partial charge on any atom is -0.204 e. The van der Waals surface area contributed by atoms with Crippen LogP contribution < -0.4 is 4.57 Å². The van der Waals surface area contributed by atoms with Gasteiger partial charge in [-0.1, -0.05) is 58.3 Å². The van der Waals surface area contributed by atoms with Crippen molar-refractivity contribution in [2.24, 2.45) is 0 Å². The van der Waals surface area contributed by atoms with Crippen LogP contribution in [0.3, 0.4) is 0 Å². The zero-order valence-corrected chi connectivity index (χ0v) is 14.0. The molecule has 0 atom stereocenters. The van der Waals surface area contributed by atoms with Crippen molar-refractivity contribution in [2.45, 2.75) is 77.7 Å². The number of pyridine rings is 1. The molecule has 108 valence electrons. The summed E-state index contributed by atoms with van der Waals surface area (Å²) in [4.78, 5) is 0. The van der Waals surface area contributed by atoms with Gasteiger partial charge in [0.25, 0.3) is 0 Å². The van der Waals surface area contributed by atoms with Crippen LogP contribution in [-0.4, -0.2) is 0 Å². The van der Waals surface area contributed by atoms with Crippen LogP contribution in [0.1, 0.15) is 71.1 Å². The van der Waals surface area contributed by atoms with Gasteiger partial charge in [-0.15, -0.1) is 0 Å². The van der Waals surface area contributed by atoms with Gasteiger partial charge >= 0.3 is 0 Å². The lowest BCUT2D eigenvalue weighted by Crippen LogP contribution is -2.32. The second-order valence-corrected chi connectivity index (χ2v) is 6.36. The summed E-state index contributed by atoms with van der Waals surface area (Å²) in [6, 6.07) is 4.18. The van der Waals surface area contributed by atoms with Gasteiger partial charge in [0.15, 0.2) is 12.4 Å². The van der Waals surface area contributed by atoms with Crippen molar-refractivity contribution in [1.82, 2.24) is 0 Å². The van der Waals surface area contributed by atoms with Gasteiger partial charge in [-0.3, -0.25) is 0 Å². The molecule has 0 amide bonds. The summed E-state index contributed by atoms with van der Waals surface area (Å²) < 4.78 is 3.44. The van der Waals surface area contributed by atoms with E-state index in [2.05, 4.69) is 51.9 Å². The molecule has 1 nitrogen and oxygen atoms in total. The van der Waals surface area contributed by atoms with Gasteiger partial charge in [0.05, 0.1) is 4.47 Å². The normalized spacial score (nSPS) is 10.8. The maximum Gasteiger partial charge on any atom is 0.183 e. The summed E-state index contributed by atoms with van der Waals surface area (Å²) in [5.41, 5.74) is 0. The van der Waals surface area contributed by atoms with Gasteiger partial charge in [0.1, 0.15) is 6.54 Å². The Labute approximate surface area is 127 Å². The number of aromatic nitrogens is 1. The molecule has 0 aliphatic carbocycles. The lowest BCUT2D eigenvalue weighted by atomic mass is 10.1. The fraction of sp³-hybridized carbons (Fsp3) is 0.706. The molecule has 19 heavy (non-hydrogen) atoms. The highest BCUT2D eigenvalue weighted by atomic mass is 79.9. The van der Waals surface area contributed by atoms with E-state index in [0.717, 1.165) is 6.54 Å². The quantitative estimate of drug-likeness (QED) is 0.365. The van der Waals surface area contributed by atoms with Gasteiger partial charge in [-0.2, -0.15) is 0 Å². The smallest absolute Gasteiger partial charge is 0.183 e. The summed E-state index contributed by atoms with van der Waals surface area (Å²) in [6.07, 6.45) is 18.4. The van der Waals surface area contributed by atoms with Crippen LogP contribution in [0.15, 0.2) is 29.0 Å².